The average Bonchev–Trinajstić information content (AvgIpc) is 2.55. The average molecular weight is 342 g/mol. The van der Waals surface area contributed by atoms with E-state index in [1.807, 2.05) is 0 Å². The van der Waals surface area contributed by atoms with E-state index in [-0.39, 0.29) is 17.1 Å². The van der Waals surface area contributed by atoms with E-state index in [0.29, 0.717) is 18.5 Å². The van der Waals surface area contributed by atoms with Gasteiger partial charge < -0.3 is 0 Å². The Hall–Kier alpha value is -1.63. The molecule has 0 aromatic carbocycles. The molecular formula is C16H17F3N2OS. The minimum atomic E-state index is -4.39. The van der Waals surface area contributed by atoms with Gasteiger partial charge in [0.05, 0.1) is 10.6 Å². The first-order chi connectivity index (χ1) is 10.9. The highest BCUT2D eigenvalue weighted by Crippen LogP contribution is 2.33. The van der Waals surface area contributed by atoms with Crippen LogP contribution in [0.15, 0.2) is 35.2 Å². The first-order valence-electron chi connectivity index (χ1n) is 7.28. The number of aromatic nitrogens is 1. The van der Waals surface area contributed by atoms with Crippen LogP contribution < -0.4 is 0 Å². The maximum absolute atomic E-state index is 13.0. The Morgan fingerprint density at radius 2 is 2.00 bits per heavy atom. The fraction of sp³-hybridized carbons (Fsp3) is 0.438. The predicted molar refractivity (Wildman–Crippen MR) is 85.2 cm³/mol. The molecule has 0 bridgehead atoms. The molecule has 0 aliphatic carbocycles. The number of alkyl halides is 3. The Bertz CT molecular complexity index is 638. The second kappa shape index (κ2) is 7.77. The molecule has 1 aromatic heterocycles. The van der Waals surface area contributed by atoms with E-state index in [1.54, 1.807) is 6.92 Å². The van der Waals surface area contributed by atoms with Crippen LogP contribution in [0.5, 0.6) is 0 Å². The number of nitrogens with zero attached hydrogens (tertiary/aromatic N) is 2. The molecular weight excluding hydrogens is 325 g/mol. The zero-order valence-electron chi connectivity index (χ0n) is 12.7. The van der Waals surface area contributed by atoms with Crippen LogP contribution in [0, 0.1) is 0 Å². The van der Waals surface area contributed by atoms with Crippen LogP contribution in [0.1, 0.15) is 43.7 Å². The third kappa shape index (κ3) is 5.49. The molecule has 1 aliphatic heterocycles. The third-order valence-electron chi connectivity index (χ3n) is 3.34. The molecule has 0 N–H and O–H groups in total. The molecule has 1 aliphatic rings. The number of ketones is 1. The van der Waals surface area contributed by atoms with Gasteiger partial charge in [-0.3, -0.25) is 14.8 Å². The summed E-state index contributed by atoms with van der Waals surface area (Å²) in [6.45, 7) is 1.73. The lowest BCUT2D eigenvalue weighted by Crippen LogP contribution is -2.09. The highest BCUT2D eigenvalue weighted by atomic mass is 32.2. The summed E-state index contributed by atoms with van der Waals surface area (Å²) in [6.07, 6.45) is 2.24. The van der Waals surface area contributed by atoms with Crippen molar-refractivity contribution in [1.29, 1.82) is 0 Å². The summed E-state index contributed by atoms with van der Waals surface area (Å²) in [4.78, 5) is 19.7. The lowest BCUT2D eigenvalue weighted by atomic mass is 10.1. The number of halogens is 3. The molecule has 0 fully saturated rings. The normalized spacial score (nSPS) is 19.2. The molecule has 0 spiro atoms. The van der Waals surface area contributed by atoms with Crippen molar-refractivity contribution >= 4 is 22.6 Å². The van der Waals surface area contributed by atoms with Crippen molar-refractivity contribution in [3.05, 3.63) is 41.4 Å². The second-order valence-corrected chi connectivity index (χ2v) is 6.33. The van der Waals surface area contributed by atoms with Crippen LogP contribution in [0.25, 0.3) is 0 Å². The maximum Gasteiger partial charge on any atom is 0.416 e. The predicted octanol–water partition coefficient (Wildman–Crippen LogP) is 4.78. The number of pyridine rings is 1. The standard InChI is InChI=1S/C16H17F3N2OS/c1-11-8-13(22)4-2-3-5-15(21-11)23-10-12-9-20-7-6-14(12)16(17,18)19/h6-9H,2-5,10H2,1H3/b11-8-,21-15?. The van der Waals surface area contributed by atoms with E-state index in [9.17, 15) is 18.0 Å². The van der Waals surface area contributed by atoms with Crippen LogP contribution in [0.2, 0.25) is 0 Å². The second-order valence-electron chi connectivity index (χ2n) is 5.28. The van der Waals surface area contributed by atoms with Crippen molar-refractivity contribution in [2.75, 3.05) is 0 Å². The molecule has 0 saturated carbocycles. The van der Waals surface area contributed by atoms with Crippen molar-refractivity contribution < 1.29 is 18.0 Å². The van der Waals surface area contributed by atoms with Crippen molar-refractivity contribution in [1.82, 2.24) is 4.98 Å². The minimum Gasteiger partial charge on any atom is -0.295 e. The summed E-state index contributed by atoms with van der Waals surface area (Å²) in [7, 11) is 0. The smallest absolute Gasteiger partial charge is 0.295 e. The largest absolute Gasteiger partial charge is 0.416 e. The van der Waals surface area contributed by atoms with Crippen molar-refractivity contribution in [2.24, 2.45) is 4.99 Å². The molecule has 0 radical (unpaired) electrons. The van der Waals surface area contributed by atoms with E-state index in [4.69, 9.17) is 0 Å². The molecule has 7 heteroatoms. The van der Waals surface area contributed by atoms with Gasteiger partial charge in [-0.05, 0) is 37.8 Å². The zero-order chi connectivity index (χ0) is 16.9. The van der Waals surface area contributed by atoms with Gasteiger partial charge in [0.25, 0.3) is 0 Å². The first kappa shape index (κ1) is 17.7. The van der Waals surface area contributed by atoms with Crippen LogP contribution >= 0.6 is 11.8 Å². The highest BCUT2D eigenvalue weighted by Gasteiger charge is 2.33. The topological polar surface area (TPSA) is 42.3 Å². The molecule has 124 valence electrons. The Kier molecular flexibility index (Phi) is 5.98. The van der Waals surface area contributed by atoms with Crippen LogP contribution in [-0.2, 0) is 16.7 Å². The number of hydrogen-bond donors (Lipinski definition) is 0. The van der Waals surface area contributed by atoms with Crippen molar-refractivity contribution in [3.63, 3.8) is 0 Å². The first-order valence-corrected chi connectivity index (χ1v) is 8.26. The van der Waals surface area contributed by atoms with E-state index in [0.717, 1.165) is 30.1 Å². The van der Waals surface area contributed by atoms with Gasteiger partial charge >= 0.3 is 6.18 Å². The Balaban J connectivity index is 2.13. The Morgan fingerprint density at radius 3 is 2.74 bits per heavy atom. The zero-order valence-corrected chi connectivity index (χ0v) is 13.5. The van der Waals surface area contributed by atoms with Crippen molar-refractivity contribution in [2.45, 2.75) is 44.5 Å². The van der Waals surface area contributed by atoms with Gasteiger partial charge in [-0.1, -0.05) is 0 Å². The van der Waals surface area contributed by atoms with Gasteiger partial charge in [0, 0.05) is 36.3 Å². The molecule has 1 aromatic rings. The third-order valence-corrected chi connectivity index (χ3v) is 4.42. The van der Waals surface area contributed by atoms with Gasteiger partial charge in [0.2, 0.25) is 0 Å². The SMILES string of the molecule is C/C1=C/C(=O)CCCCC(SCc2cnccc2C(F)(F)F)=N1. The number of rotatable bonds is 2. The Morgan fingerprint density at radius 1 is 1.26 bits per heavy atom. The van der Waals surface area contributed by atoms with E-state index < -0.39 is 11.7 Å². The lowest BCUT2D eigenvalue weighted by molar-refractivity contribution is -0.138. The number of allylic oxidation sites excluding steroid dienone is 2. The van der Waals surface area contributed by atoms with Gasteiger partial charge in [0.1, 0.15) is 0 Å². The summed E-state index contributed by atoms with van der Waals surface area (Å²) >= 11 is 1.28. The van der Waals surface area contributed by atoms with Gasteiger partial charge in [-0.25, -0.2) is 0 Å². The summed E-state index contributed by atoms with van der Waals surface area (Å²) in [5.41, 5.74) is 0.0815. The lowest BCUT2D eigenvalue weighted by Gasteiger charge is -2.12. The number of carbonyl (C=O) groups excluding carboxylic acids is 1. The monoisotopic (exact) mass is 342 g/mol. The van der Waals surface area contributed by atoms with Gasteiger partial charge in [0.15, 0.2) is 5.78 Å². The molecule has 0 saturated heterocycles. The highest BCUT2D eigenvalue weighted by molar-refractivity contribution is 8.13. The number of aliphatic imine (C=N–C) groups is 1. The number of carbonyl (C=O) groups is 1. The van der Waals surface area contributed by atoms with Crippen LogP contribution in [0.4, 0.5) is 13.2 Å². The molecule has 0 unspecified atom stereocenters. The molecule has 0 amide bonds. The number of hydrogen-bond acceptors (Lipinski definition) is 4. The van der Waals surface area contributed by atoms with E-state index in [2.05, 4.69) is 9.98 Å². The summed E-state index contributed by atoms with van der Waals surface area (Å²) in [5, 5.41) is 0.755. The molecule has 3 nitrogen and oxygen atoms in total. The number of thioether (sulfide) groups is 1. The quantitative estimate of drug-likeness (QED) is 0.777. The minimum absolute atomic E-state index is 0.0455. The molecule has 23 heavy (non-hydrogen) atoms. The van der Waals surface area contributed by atoms with Gasteiger partial charge in [-0.2, -0.15) is 13.2 Å². The molecule has 2 rings (SSSR count). The molecule has 2 heterocycles. The van der Waals surface area contributed by atoms with Crippen molar-refractivity contribution in [3.8, 4) is 0 Å². The fourth-order valence-electron chi connectivity index (χ4n) is 2.25. The fourth-order valence-corrected chi connectivity index (χ4v) is 3.30. The van der Waals surface area contributed by atoms with Crippen LogP contribution in [-0.4, -0.2) is 15.8 Å². The van der Waals surface area contributed by atoms with Gasteiger partial charge in [-0.15, -0.1) is 11.8 Å². The summed E-state index contributed by atoms with van der Waals surface area (Å²) < 4.78 is 38.9. The summed E-state index contributed by atoms with van der Waals surface area (Å²) in [6, 6.07) is 0.991. The summed E-state index contributed by atoms with van der Waals surface area (Å²) in [5.74, 6) is 0.201. The van der Waals surface area contributed by atoms with E-state index in [1.165, 1.54) is 24.0 Å². The van der Waals surface area contributed by atoms with Crippen LogP contribution in [0.3, 0.4) is 0 Å². The Labute approximate surface area is 137 Å². The van der Waals surface area contributed by atoms with E-state index >= 15 is 0 Å². The maximum atomic E-state index is 13.0. The molecule has 0 atom stereocenters.